The Morgan fingerprint density at radius 1 is 1.13 bits per heavy atom. The third-order valence-electron chi connectivity index (χ3n) is 5.21. The molecule has 7 nitrogen and oxygen atoms in total. The predicted molar refractivity (Wildman–Crippen MR) is 121 cm³/mol. The number of rotatable bonds is 3. The minimum Gasteiger partial charge on any atom is -0.307 e. The number of amides is 1. The van der Waals surface area contributed by atoms with Gasteiger partial charge in [-0.3, -0.25) is 9.10 Å². The van der Waals surface area contributed by atoms with Crippen molar-refractivity contribution in [3.63, 3.8) is 0 Å². The molecule has 8 heteroatoms. The van der Waals surface area contributed by atoms with Crippen molar-refractivity contribution in [1.82, 2.24) is 9.78 Å². The fraction of sp³-hybridized carbons (Fsp3) is 0.545. The summed E-state index contributed by atoms with van der Waals surface area (Å²) in [5, 5.41) is 7.73. The van der Waals surface area contributed by atoms with Gasteiger partial charge in [0.05, 0.1) is 23.2 Å². The Hall–Kier alpha value is -2.35. The van der Waals surface area contributed by atoms with Gasteiger partial charge >= 0.3 is 0 Å². The van der Waals surface area contributed by atoms with E-state index < -0.39 is 10.0 Å². The lowest BCUT2D eigenvalue weighted by molar-refractivity contribution is 0.102. The topological polar surface area (TPSA) is 84.3 Å². The molecule has 0 spiro atoms. The molecule has 0 saturated heterocycles. The van der Waals surface area contributed by atoms with Gasteiger partial charge in [0.1, 0.15) is 5.82 Å². The van der Waals surface area contributed by atoms with E-state index in [1.165, 1.54) is 10.6 Å². The minimum atomic E-state index is -3.36. The number of aromatic nitrogens is 2. The zero-order valence-corrected chi connectivity index (χ0v) is 19.9. The van der Waals surface area contributed by atoms with Crippen LogP contribution in [0.5, 0.6) is 0 Å². The largest absolute Gasteiger partial charge is 0.307 e. The Balaban J connectivity index is 1.93. The molecule has 1 amide bonds. The number of hydrogen-bond acceptors (Lipinski definition) is 4. The van der Waals surface area contributed by atoms with Crippen LogP contribution < -0.4 is 9.62 Å². The number of nitrogens with one attached hydrogen (secondary N) is 1. The van der Waals surface area contributed by atoms with Crippen LogP contribution in [0.3, 0.4) is 0 Å². The van der Waals surface area contributed by atoms with Crippen molar-refractivity contribution in [2.45, 2.75) is 71.9 Å². The van der Waals surface area contributed by atoms with Crippen molar-refractivity contribution in [2.75, 3.05) is 15.9 Å². The summed E-state index contributed by atoms with van der Waals surface area (Å²) >= 11 is 0. The summed E-state index contributed by atoms with van der Waals surface area (Å²) in [7, 11) is -3.36. The van der Waals surface area contributed by atoms with Crippen LogP contribution in [0.2, 0.25) is 0 Å². The number of sulfonamides is 1. The quantitative estimate of drug-likeness (QED) is 0.797. The molecule has 2 aromatic rings. The van der Waals surface area contributed by atoms with Gasteiger partial charge in [0.15, 0.2) is 0 Å². The van der Waals surface area contributed by atoms with Crippen LogP contribution >= 0.6 is 0 Å². The van der Waals surface area contributed by atoms with E-state index in [2.05, 4.69) is 26.1 Å². The first-order valence-electron chi connectivity index (χ1n) is 10.1. The van der Waals surface area contributed by atoms with Crippen LogP contribution in [0.15, 0.2) is 24.3 Å². The van der Waals surface area contributed by atoms with E-state index in [9.17, 15) is 13.2 Å². The normalized spacial score (nSPS) is 17.2. The predicted octanol–water partition coefficient (Wildman–Crippen LogP) is 3.90. The first-order chi connectivity index (χ1) is 13.6. The molecule has 0 bridgehead atoms. The Bertz CT molecular complexity index is 1090. The molecule has 1 aliphatic heterocycles. The van der Waals surface area contributed by atoms with E-state index in [1.807, 2.05) is 38.4 Å². The number of benzene rings is 1. The van der Waals surface area contributed by atoms with E-state index in [1.54, 1.807) is 18.2 Å². The van der Waals surface area contributed by atoms with E-state index in [0.29, 0.717) is 23.5 Å². The minimum absolute atomic E-state index is 0.144. The second-order valence-corrected chi connectivity index (χ2v) is 12.0. The summed E-state index contributed by atoms with van der Waals surface area (Å²) in [5.41, 5.74) is 2.47. The van der Waals surface area contributed by atoms with E-state index in [0.717, 1.165) is 11.3 Å². The van der Waals surface area contributed by atoms with Gasteiger partial charge in [0.2, 0.25) is 10.0 Å². The van der Waals surface area contributed by atoms with Crippen molar-refractivity contribution < 1.29 is 13.2 Å². The van der Waals surface area contributed by atoms with Crippen LogP contribution in [0.25, 0.3) is 0 Å². The van der Waals surface area contributed by atoms with Crippen LogP contribution in [-0.2, 0) is 27.4 Å². The molecule has 1 aliphatic rings. The van der Waals surface area contributed by atoms with Gasteiger partial charge in [-0.2, -0.15) is 5.10 Å². The van der Waals surface area contributed by atoms with Crippen LogP contribution in [0, 0.1) is 0 Å². The van der Waals surface area contributed by atoms with Crippen molar-refractivity contribution in [2.24, 2.45) is 0 Å². The molecular weight excluding hydrogens is 400 g/mol. The Kier molecular flexibility index (Phi) is 5.30. The zero-order chi connectivity index (χ0) is 22.6. The second-order valence-electron chi connectivity index (χ2n) is 10.2. The lowest BCUT2D eigenvalue weighted by atomic mass is 9.92. The third kappa shape index (κ3) is 4.24. The molecule has 2 heterocycles. The number of nitrogens with zero attached hydrogens (tertiary/aromatic N) is 3. The molecule has 0 aliphatic carbocycles. The molecule has 1 N–H and O–H groups in total. The lowest BCUT2D eigenvalue weighted by Crippen LogP contribution is -2.34. The summed E-state index contributed by atoms with van der Waals surface area (Å²) in [4.78, 5) is 13.0. The van der Waals surface area contributed by atoms with E-state index in [-0.39, 0.29) is 22.9 Å². The molecule has 1 aromatic carbocycles. The number of anilines is 2. The second kappa shape index (κ2) is 7.11. The fourth-order valence-corrected chi connectivity index (χ4v) is 5.05. The van der Waals surface area contributed by atoms with E-state index in [4.69, 9.17) is 5.10 Å². The number of hydrogen-bond donors (Lipinski definition) is 1. The van der Waals surface area contributed by atoms with Crippen molar-refractivity contribution in [3.8, 4) is 0 Å². The fourth-order valence-electron chi connectivity index (χ4n) is 3.79. The van der Waals surface area contributed by atoms with Gasteiger partial charge in [-0.25, -0.2) is 13.1 Å². The van der Waals surface area contributed by atoms with Gasteiger partial charge < -0.3 is 5.32 Å². The molecule has 30 heavy (non-hydrogen) atoms. The van der Waals surface area contributed by atoms with Gasteiger partial charge in [-0.1, -0.05) is 20.8 Å². The molecular formula is C22H32N4O3S. The molecule has 164 valence electrons. The average Bonchev–Trinajstić information content (AvgIpc) is 3.13. The highest BCUT2D eigenvalue weighted by Gasteiger charge is 2.33. The maximum atomic E-state index is 13.0. The SMILES string of the molecule is CC1Cc2cc(C(=O)Nc3cc(C(C)(C)C)nn3C(C)(C)C)ccc2N1S(C)(=O)=O. The number of carbonyl (C=O) groups is 1. The van der Waals surface area contributed by atoms with Crippen molar-refractivity contribution in [1.29, 1.82) is 0 Å². The van der Waals surface area contributed by atoms with Gasteiger partial charge in [0, 0.05) is 23.1 Å². The smallest absolute Gasteiger partial charge is 0.256 e. The van der Waals surface area contributed by atoms with Crippen LogP contribution in [0.1, 0.15) is 70.1 Å². The third-order valence-corrected chi connectivity index (χ3v) is 6.48. The standard InChI is InChI=1S/C22H32N4O3S/c1-14-11-16-12-15(9-10-17(16)25(14)30(8,28)29)20(27)23-19-13-18(21(2,3)4)24-26(19)22(5,6)7/h9-10,12-14H,11H2,1-8H3,(H,23,27). The highest BCUT2D eigenvalue weighted by atomic mass is 32.2. The average molecular weight is 433 g/mol. The monoisotopic (exact) mass is 432 g/mol. The van der Waals surface area contributed by atoms with Crippen LogP contribution in [0.4, 0.5) is 11.5 Å². The maximum Gasteiger partial charge on any atom is 0.256 e. The van der Waals surface area contributed by atoms with E-state index >= 15 is 0 Å². The highest BCUT2D eigenvalue weighted by Crippen LogP contribution is 2.35. The maximum absolute atomic E-state index is 13.0. The molecule has 0 fully saturated rings. The molecule has 1 aromatic heterocycles. The molecule has 1 atom stereocenters. The summed E-state index contributed by atoms with van der Waals surface area (Å²) in [5.74, 6) is 0.401. The first kappa shape index (κ1) is 22.3. The molecule has 3 rings (SSSR count). The lowest BCUT2D eigenvalue weighted by Gasteiger charge is -2.23. The summed E-state index contributed by atoms with van der Waals surface area (Å²) in [6, 6.07) is 6.94. The highest BCUT2D eigenvalue weighted by molar-refractivity contribution is 7.92. The summed E-state index contributed by atoms with van der Waals surface area (Å²) in [6.45, 7) is 14.3. The number of carbonyl (C=O) groups excluding carboxylic acids is 1. The van der Waals surface area contributed by atoms with Crippen molar-refractivity contribution in [3.05, 3.63) is 41.1 Å². The van der Waals surface area contributed by atoms with Crippen LogP contribution in [-0.4, -0.2) is 36.4 Å². The number of fused-ring (bicyclic) bond motifs is 1. The Morgan fingerprint density at radius 2 is 1.77 bits per heavy atom. The molecule has 1 unspecified atom stereocenters. The Labute approximate surface area is 179 Å². The van der Waals surface area contributed by atoms with Gasteiger partial charge in [-0.05, 0) is 57.9 Å². The zero-order valence-electron chi connectivity index (χ0n) is 19.1. The summed E-state index contributed by atoms with van der Waals surface area (Å²) in [6.07, 6.45) is 1.79. The molecule has 0 radical (unpaired) electrons. The van der Waals surface area contributed by atoms with Gasteiger partial charge in [-0.15, -0.1) is 0 Å². The Morgan fingerprint density at radius 3 is 2.30 bits per heavy atom. The summed E-state index contributed by atoms with van der Waals surface area (Å²) < 4.78 is 27.5. The molecule has 0 saturated carbocycles. The first-order valence-corrected chi connectivity index (χ1v) is 12.0. The van der Waals surface area contributed by atoms with Crippen molar-refractivity contribution >= 4 is 27.4 Å². The van der Waals surface area contributed by atoms with Gasteiger partial charge in [0.25, 0.3) is 5.91 Å².